The van der Waals surface area contributed by atoms with E-state index in [2.05, 4.69) is 10.6 Å². The Morgan fingerprint density at radius 3 is 2.50 bits per heavy atom. The van der Waals surface area contributed by atoms with Gasteiger partial charge in [-0.05, 0) is 62.3 Å². The molecule has 0 aliphatic heterocycles. The van der Waals surface area contributed by atoms with Gasteiger partial charge in [-0.1, -0.05) is 6.07 Å². The van der Waals surface area contributed by atoms with Crippen molar-refractivity contribution in [2.45, 2.75) is 20.8 Å². The van der Waals surface area contributed by atoms with E-state index in [1.807, 2.05) is 13.8 Å². The number of benzene rings is 1. The number of thiocarbonyl (C=S) groups is 1. The third-order valence-electron chi connectivity index (χ3n) is 4.16. The minimum absolute atomic E-state index is 0.0868. The Balaban J connectivity index is 2.05. The standard InChI is InChI=1S/C21H24N2O5S2/c1-6-28-20(25)18-12(2)13(3)30-19(18)23-21(29)22-17(24)10-8-14-7-9-15(26-4)16(11-14)27-5/h7-11H,6H2,1-5H3,(H2,22,23,24,29). The SMILES string of the molecule is CCOC(=O)c1c(NC(=S)NC(=O)C=Cc2ccc(OC)c(OC)c2)sc(C)c1C. The summed E-state index contributed by atoms with van der Waals surface area (Å²) in [7, 11) is 3.10. The molecule has 160 valence electrons. The van der Waals surface area contributed by atoms with Crippen LogP contribution in [0.4, 0.5) is 5.00 Å². The van der Waals surface area contributed by atoms with Crippen LogP contribution in [-0.4, -0.2) is 37.8 Å². The van der Waals surface area contributed by atoms with E-state index in [4.69, 9.17) is 26.4 Å². The van der Waals surface area contributed by atoms with Crippen LogP contribution in [0.1, 0.15) is 33.3 Å². The number of rotatable bonds is 7. The molecule has 0 saturated heterocycles. The number of thiophene rings is 1. The second-order valence-corrected chi connectivity index (χ2v) is 7.73. The Morgan fingerprint density at radius 2 is 1.87 bits per heavy atom. The monoisotopic (exact) mass is 448 g/mol. The van der Waals surface area contributed by atoms with Crippen molar-refractivity contribution in [3.8, 4) is 11.5 Å². The maximum Gasteiger partial charge on any atom is 0.341 e. The molecule has 2 rings (SSSR count). The fourth-order valence-electron chi connectivity index (χ4n) is 2.58. The molecule has 0 unspecified atom stereocenters. The molecule has 0 aliphatic carbocycles. The Bertz CT molecular complexity index is 982. The highest BCUT2D eigenvalue weighted by molar-refractivity contribution is 7.80. The van der Waals surface area contributed by atoms with Crippen LogP contribution >= 0.6 is 23.6 Å². The van der Waals surface area contributed by atoms with Crippen molar-refractivity contribution < 1.29 is 23.8 Å². The van der Waals surface area contributed by atoms with Crippen molar-refractivity contribution in [2.24, 2.45) is 0 Å². The second kappa shape index (κ2) is 10.7. The van der Waals surface area contributed by atoms with Crippen molar-refractivity contribution >= 4 is 51.6 Å². The van der Waals surface area contributed by atoms with Gasteiger partial charge in [0.1, 0.15) is 5.00 Å². The van der Waals surface area contributed by atoms with Crippen molar-refractivity contribution in [1.29, 1.82) is 0 Å². The zero-order valence-corrected chi connectivity index (χ0v) is 19.1. The van der Waals surface area contributed by atoms with Crippen LogP contribution in [-0.2, 0) is 9.53 Å². The van der Waals surface area contributed by atoms with Crippen LogP contribution in [0.15, 0.2) is 24.3 Å². The van der Waals surface area contributed by atoms with Crippen molar-refractivity contribution in [3.05, 3.63) is 45.8 Å². The van der Waals surface area contributed by atoms with Gasteiger partial charge in [-0.3, -0.25) is 10.1 Å². The van der Waals surface area contributed by atoms with Gasteiger partial charge < -0.3 is 19.5 Å². The number of ether oxygens (including phenoxy) is 3. The molecule has 0 bridgehead atoms. The summed E-state index contributed by atoms with van der Waals surface area (Å²) in [6.45, 7) is 5.77. The average Bonchev–Trinajstić information content (AvgIpc) is 2.99. The number of carbonyl (C=O) groups is 2. The number of anilines is 1. The Labute approximate surface area is 185 Å². The summed E-state index contributed by atoms with van der Waals surface area (Å²) in [4.78, 5) is 25.4. The Hall–Kier alpha value is -2.91. The molecule has 2 N–H and O–H groups in total. The summed E-state index contributed by atoms with van der Waals surface area (Å²) in [5.74, 6) is 0.324. The van der Waals surface area contributed by atoms with Crippen LogP contribution in [0.25, 0.3) is 6.08 Å². The first kappa shape index (κ1) is 23.4. The van der Waals surface area contributed by atoms with E-state index in [1.54, 1.807) is 45.4 Å². The quantitative estimate of drug-likeness (QED) is 0.375. The van der Waals surface area contributed by atoms with Crippen LogP contribution in [0.5, 0.6) is 11.5 Å². The lowest BCUT2D eigenvalue weighted by Crippen LogP contribution is -2.33. The number of carbonyl (C=O) groups excluding carboxylic acids is 2. The van der Waals surface area contributed by atoms with E-state index < -0.39 is 11.9 Å². The van der Waals surface area contributed by atoms with Gasteiger partial charge >= 0.3 is 5.97 Å². The summed E-state index contributed by atoms with van der Waals surface area (Å²) in [5, 5.41) is 6.12. The maximum absolute atomic E-state index is 12.2. The molecule has 30 heavy (non-hydrogen) atoms. The molecule has 0 saturated carbocycles. The summed E-state index contributed by atoms with van der Waals surface area (Å²) in [5.41, 5.74) is 2.01. The smallest absolute Gasteiger partial charge is 0.341 e. The minimum Gasteiger partial charge on any atom is -0.493 e. The largest absolute Gasteiger partial charge is 0.493 e. The highest BCUT2D eigenvalue weighted by atomic mass is 32.1. The lowest BCUT2D eigenvalue weighted by molar-refractivity contribution is -0.115. The van der Waals surface area contributed by atoms with E-state index in [9.17, 15) is 9.59 Å². The Morgan fingerprint density at radius 1 is 1.17 bits per heavy atom. The van der Waals surface area contributed by atoms with Crippen LogP contribution in [0.2, 0.25) is 0 Å². The third-order valence-corrected chi connectivity index (χ3v) is 5.49. The maximum atomic E-state index is 12.2. The molecule has 0 spiro atoms. The minimum atomic E-state index is -0.427. The Kier molecular flexibility index (Phi) is 8.37. The average molecular weight is 449 g/mol. The summed E-state index contributed by atoms with van der Waals surface area (Å²) >= 11 is 6.59. The molecule has 1 heterocycles. The topological polar surface area (TPSA) is 85.9 Å². The molecule has 9 heteroatoms. The number of nitrogens with one attached hydrogen (secondary N) is 2. The van der Waals surface area contributed by atoms with Gasteiger partial charge in [0.25, 0.3) is 0 Å². The predicted octanol–water partition coefficient (Wildman–Crippen LogP) is 4.09. The first-order valence-corrected chi connectivity index (χ1v) is 10.3. The number of methoxy groups -OCH3 is 2. The van der Waals surface area contributed by atoms with Crippen LogP contribution < -0.4 is 20.1 Å². The highest BCUT2D eigenvalue weighted by Crippen LogP contribution is 2.33. The van der Waals surface area contributed by atoms with Gasteiger partial charge in [0, 0.05) is 11.0 Å². The van der Waals surface area contributed by atoms with E-state index in [1.165, 1.54) is 17.4 Å². The fourth-order valence-corrected chi connectivity index (χ4v) is 3.90. The van der Waals surface area contributed by atoms with E-state index >= 15 is 0 Å². The van der Waals surface area contributed by atoms with Crippen molar-refractivity contribution in [3.63, 3.8) is 0 Å². The third kappa shape index (κ3) is 5.80. The van der Waals surface area contributed by atoms with Gasteiger partial charge in [-0.2, -0.15) is 0 Å². The number of hydrogen-bond acceptors (Lipinski definition) is 7. The molecule has 1 aromatic heterocycles. The summed E-state index contributed by atoms with van der Waals surface area (Å²) in [6, 6.07) is 5.30. The van der Waals surface area contributed by atoms with Gasteiger partial charge in [-0.25, -0.2) is 4.79 Å². The van der Waals surface area contributed by atoms with Crippen LogP contribution in [0.3, 0.4) is 0 Å². The molecule has 1 amide bonds. The van der Waals surface area contributed by atoms with Gasteiger partial charge in [0.2, 0.25) is 5.91 Å². The van der Waals surface area contributed by atoms with Crippen molar-refractivity contribution in [1.82, 2.24) is 5.32 Å². The lowest BCUT2D eigenvalue weighted by atomic mass is 10.1. The second-order valence-electron chi connectivity index (χ2n) is 6.10. The zero-order valence-electron chi connectivity index (χ0n) is 17.5. The number of aryl methyl sites for hydroxylation is 1. The molecule has 0 radical (unpaired) electrons. The zero-order chi connectivity index (χ0) is 22.3. The van der Waals surface area contributed by atoms with Gasteiger partial charge in [-0.15, -0.1) is 11.3 Å². The molecule has 0 atom stereocenters. The van der Waals surface area contributed by atoms with Gasteiger partial charge in [0.15, 0.2) is 16.6 Å². The van der Waals surface area contributed by atoms with Gasteiger partial charge in [0.05, 0.1) is 26.4 Å². The molecular formula is C21H24N2O5S2. The molecule has 1 aromatic carbocycles. The van der Waals surface area contributed by atoms with Crippen LogP contribution in [0, 0.1) is 13.8 Å². The highest BCUT2D eigenvalue weighted by Gasteiger charge is 2.21. The number of hydrogen-bond donors (Lipinski definition) is 2. The van der Waals surface area contributed by atoms with E-state index in [0.717, 1.165) is 16.0 Å². The summed E-state index contributed by atoms with van der Waals surface area (Å²) < 4.78 is 15.6. The number of esters is 1. The fraction of sp³-hybridized carbons (Fsp3) is 0.286. The molecule has 7 nitrogen and oxygen atoms in total. The van der Waals surface area contributed by atoms with Crippen molar-refractivity contribution in [2.75, 3.05) is 26.1 Å². The first-order valence-electron chi connectivity index (χ1n) is 9.09. The van der Waals surface area contributed by atoms with E-state index in [0.29, 0.717) is 22.1 Å². The molecule has 2 aromatic rings. The normalized spacial score (nSPS) is 10.6. The molecule has 0 fully saturated rings. The first-order chi connectivity index (χ1) is 14.3. The molecule has 0 aliphatic rings. The number of amides is 1. The van der Waals surface area contributed by atoms with E-state index in [-0.39, 0.29) is 11.7 Å². The summed E-state index contributed by atoms with van der Waals surface area (Å²) in [6.07, 6.45) is 2.98. The predicted molar refractivity (Wildman–Crippen MR) is 123 cm³/mol. The lowest BCUT2D eigenvalue weighted by Gasteiger charge is -2.09. The molecular weight excluding hydrogens is 424 g/mol.